The number of hydrogen-bond donors (Lipinski definition) is 2. The molecule has 4 aromatic carbocycles. The molecule has 2 heterocycles. The van der Waals surface area contributed by atoms with Gasteiger partial charge in [-0.1, -0.05) is 84.9 Å². The summed E-state index contributed by atoms with van der Waals surface area (Å²) < 4.78 is 0. The molecule has 0 spiro atoms. The molecule has 6 rings (SSSR count). The lowest BCUT2D eigenvalue weighted by molar-refractivity contribution is 0.0695. The van der Waals surface area contributed by atoms with Crippen molar-refractivity contribution in [3.8, 4) is 11.3 Å². The van der Waals surface area contributed by atoms with Gasteiger partial charge in [0.25, 0.3) is 0 Å². The van der Waals surface area contributed by atoms with Crippen LogP contribution in [0.25, 0.3) is 32.9 Å². The molecule has 0 amide bonds. The van der Waals surface area contributed by atoms with Gasteiger partial charge in [-0.25, -0.2) is 9.59 Å². The van der Waals surface area contributed by atoms with Crippen LogP contribution in [0.1, 0.15) is 26.3 Å². The van der Waals surface area contributed by atoms with Crippen LogP contribution in [0.5, 0.6) is 0 Å². The van der Waals surface area contributed by atoms with Gasteiger partial charge in [0.1, 0.15) is 0 Å². The van der Waals surface area contributed by atoms with Gasteiger partial charge in [-0.3, -0.25) is 9.97 Å². The summed E-state index contributed by atoms with van der Waals surface area (Å²) in [6.07, 6.45) is 3.67. The summed E-state index contributed by atoms with van der Waals surface area (Å²) in [5, 5.41) is 20.9. The van der Waals surface area contributed by atoms with Gasteiger partial charge in [0.15, 0.2) is 0 Å². The Kier molecular flexibility index (Phi) is 8.72. The number of benzene rings is 4. The normalized spacial score (nSPS) is 10.1. The maximum Gasteiger partial charge on any atom is 0.335 e. The Labute approximate surface area is 225 Å². The predicted molar refractivity (Wildman–Crippen MR) is 154 cm³/mol. The van der Waals surface area contributed by atoms with Crippen molar-refractivity contribution in [2.75, 3.05) is 0 Å². The van der Waals surface area contributed by atoms with Gasteiger partial charge in [-0.15, -0.1) is 0 Å². The van der Waals surface area contributed by atoms with Crippen LogP contribution in [0.4, 0.5) is 0 Å². The van der Waals surface area contributed by atoms with Crippen LogP contribution in [0.3, 0.4) is 0 Å². The molecular formula is C33H26N2O4. The SMILES string of the molecule is Cc1ccc(C(=O)O)cc1C(=O)O.c1ccc(-c2nccc3ccccc23)cc1.c1ccc2ncccc2c1. The Balaban J connectivity index is 0.000000140. The molecule has 0 aliphatic heterocycles. The number of nitrogens with zero attached hydrogens (tertiary/aromatic N) is 2. The minimum Gasteiger partial charge on any atom is -0.478 e. The number of aryl methyl sites for hydroxylation is 1. The second-order valence-corrected chi connectivity index (χ2v) is 8.58. The van der Waals surface area contributed by atoms with Crippen LogP contribution in [-0.4, -0.2) is 32.1 Å². The van der Waals surface area contributed by atoms with E-state index in [-0.39, 0.29) is 11.1 Å². The van der Waals surface area contributed by atoms with Crippen molar-refractivity contribution in [3.05, 3.63) is 144 Å². The van der Waals surface area contributed by atoms with E-state index in [2.05, 4.69) is 58.5 Å². The third-order valence-corrected chi connectivity index (χ3v) is 5.95. The highest BCUT2D eigenvalue weighted by atomic mass is 16.4. The van der Waals surface area contributed by atoms with Crippen molar-refractivity contribution in [2.45, 2.75) is 6.92 Å². The number of para-hydroxylation sites is 1. The second-order valence-electron chi connectivity index (χ2n) is 8.58. The first-order valence-electron chi connectivity index (χ1n) is 12.2. The smallest absolute Gasteiger partial charge is 0.335 e. The quantitative estimate of drug-likeness (QED) is 0.253. The lowest BCUT2D eigenvalue weighted by atomic mass is 10.0. The zero-order valence-electron chi connectivity index (χ0n) is 21.2. The Bertz CT molecular complexity index is 1660. The number of aromatic carboxylic acids is 2. The molecule has 6 nitrogen and oxygen atoms in total. The van der Waals surface area contributed by atoms with E-state index in [0.717, 1.165) is 17.3 Å². The van der Waals surface area contributed by atoms with Gasteiger partial charge >= 0.3 is 11.9 Å². The average molecular weight is 515 g/mol. The van der Waals surface area contributed by atoms with E-state index in [1.54, 1.807) is 6.92 Å². The molecule has 2 N–H and O–H groups in total. The lowest BCUT2D eigenvalue weighted by Gasteiger charge is -2.04. The molecule has 0 saturated carbocycles. The maximum atomic E-state index is 10.6. The highest BCUT2D eigenvalue weighted by Crippen LogP contribution is 2.25. The number of carboxylic acid groups (broad SMARTS) is 2. The Morgan fingerprint density at radius 3 is 2.00 bits per heavy atom. The van der Waals surface area contributed by atoms with Crippen LogP contribution < -0.4 is 0 Å². The van der Waals surface area contributed by atoms with Crippen molar-refractivity contribution in [3.63, 3.8) is 0 Å². The van der Waals surface area contributed by atoms with E-state index < -0.39 is 11.9 Å². The fourth-order valence-electron chi connectivity index (χ4n) is 3.95. The molecule has 6 aromatic rings. The third kappa shape index (κ3) is 6.90. The molecule has 2 aromatic heterocycles. The van der Waals surface area contributed by atoms with E-state index in [9.17, 15) is 9.59 Å². The topological polar surface area (TPSA) is 100 Å². The summed E-state index contributed by atoms with van der Waals surface area (Å²) in [5.41, 5.74) is 3.85. The molecule has 0 aliphatic carbocycles. The van der Waals surface area contributed by atoms with E-state index in [4.69, 9.17) is 10.2 Å². The first-order valence-corrected chi connectivity index (χ1v) is 12.2. The van der Waals surface area contributed by atoms with Crippen molar-refractivity contribution >= 4 is 33.6 Å². The molecule has 6 heteroatoms. The molecule has 0 saturated heterocycles. The average Bonchev–Trinajstić information content (AvgIpc) is 2.98. The van der Waals surface area contributed by atoms with Crippen molar-refractivity contribution in [2.24, 2.45) is 0 Å². The van der Waals surface area contributed by atoms with Crippen LogP contribution in [-0.2, 0) is 0 Å². The predicted octanol–water partition coefficient (Wildman–Crippen LogP) is 7.53. The summed E-state index contributed by atoms with van der Waals surface area (Å²) in [6.45, 7) is 1.62. The minimum absolute atomic E-state index is 0.0111. The van der Waals surface area contributed by atoms with Crippen molar-refractivity contribution in [1.82, 2.24) is 9.97 Å². The van der Waals surface area contributed by atoms with E-state index >= 15 is 0 Å². The van der Waals surface area contributed by atoms with Crippen molar-refractivity contribution in [1.29, 1.82) is 0 Å². The maximum absolute atomic E-state index is 10.6. The van der Waals surface area contributed by atoms with Gasteiger partial charge < -0.3 is 10.2 Å². The minimum atomic E-state index is -1.12. The fourth-order valence-corrected chi connectivity index (χ4v) is 3.95. The van der Waals surface area contributed by atoms with Gasteiger partial charge in [0.2, 0.25) is 0 Å². The zero-order chi connectivity index (χ0) is 27.6. The third-order valence-electron chi connectivity index (χ3n) is 5.95. The molecule has 0 bridgehead atoms. The molecule has 39 heavy (non-hydrogen) atoms. The summed E-state index contributed by atoms with van der Waals surface area (Å²) in [7, 11) is 0. The Morgan fingerprint density at radius 1 is 0.615 bits per heavy atom. The lowest BCUT2D eigenvalue weighted by Crippen LogP contribution is -2.03. The number of aromatic nitrogens is 2. The fraction of sp³-hybridized carbons (Fsp3) is 0.0303. The van der Waals surface area contributed by atoms with Crippen LogP contribution in [0.2, 0.25) is 0 Å². The number of carbonyl (C=O) groups is 2. The first-order chi connectivity index (χ1) is 18.9. The van der Waals surface area contributed by atoms with Crippen LogP contribution >= 0.6 is 0 Å². The molecule has 0 aliphatic rings. The molecule has 0 radical (unpaired) electrons. The van der Waals surface area contributed by atoms with Crippen molar-refractivity contribution < 1.29 is 19.8 Å². The number of hydrogen-bond acceptors (Lipinski definition) is 4. The standard InChI is InChI=1S/C15H11N.C9H7N.C9H8O4/c1-2-7-13(8-3-1)15-14-9-5-4-6-12(14)10-11-16-15;1-2-6-9-8(4-1)5-3-7-10-9;1-5-2-3-6(8(10)11)4-7(5)9(12)13/h1-11H;1-7H;2-4H,1H3,(H,10,11)(H,12,13). The van der Waals surface area contributed by atoms with Gasteiger partial charge in [-0.2, -0.15) is 0 Å². The highest BCUT2D eigenvalue weighted by Gasteiger charge is 2.10. The van der Waals surface area contributed by atoms with E-state index in [0.29, 0.717) is 5.56 Å². The molecule has 192 valence electrons. The molecule has 0 fully saturated rings. The van der Waals surface area contributed by atoms with Crippen LogP contribution in [0.15, 0.2) is 128 Å². The van der Waals surface area contributed by atoms with E-state index in [1.807, 2.05) is 60.9 Å². The zero-order valence-corrected chi connectivity index (χ0v) is 21.2. The summed E-state index contributed by atoms with van der Waals surface area (Å²) >= 11 is 0. The van der Waals surface area contributed by atoms with Crippen LogP contribution in [0, 0.1) is 6.92 Å². The largest absolute Gasteiger partial charge is 0.478 e. The number of pyridine rings is 2. The molecule has 0 atom stereocenters. The van der Waals surface area contributed by atoms with Gasteiger partial charge in [-0.05, 0) is 48.2 Å². The highest BCUT2D eigenvalue weighted by molar-refractivity contribution is 5.95. The summed E-state index contributed by atoms with van der Waals surface area (Å²) in [6, 6.07) is 36.8. The number of carboxylic acids is 2. The second kappa shape index (κ2) is 12.7. The Hall–Kier alpha value is -5.36. The van der Waals surface area contributed by atoms with Gasteiger partial charge in [0.05, 0.1) is 22.3 Å². The monoisotopic (exact) mass is 514 g/mol. The number of rotatable bonds is 3. The Morgan fingerprint density at radius 2 is 1.28 bits per heavy atom. The van der Waals surface area contributed by atoms with E-state index in [1.165, 1.54) is 33.9 Å². The summed E-state index contributed by atoms with van der Waals surface area (Å²) in [4.78, 5) is 29.8. The molecule has 0 unspecified atom stereocenters. The first kappa shape index (κ1) is 26.7. The summed E-state index contributed by atoms with van der Waals surface area (Å²) in [5.74, 6) is -2.23. The molecular weight excluding hydrogens is 488 g/mol. The van der Waals surface area contributed by atoms with Gasteiger partial charge in [0, 0.05) is 28.7 Å². The number of fused-ring (bicyclic) bond motifs is 2.